The van der Waals surface area contributed by atoms with Crippen molar-refractivity contribution in [3.05, 3.63) is 54.6 Å². The molecule has 1 aromatic carbocycles. The Morgan fingerprint density at radius 2 is 1.51 bits per heavy atom. The molecule has 0 saturated carbocycles. The fraction of sp³-hybridized carbons (Fsp3) is 0.778. The molecule has 0 radical (unpaired) electrons. The maximum atomic E-state index is 14.1. The number of aliphatic hydroxyl groups excluding tert-OH is 1. The second kappa shape index (κ2) is 19.7. The summed E-state index contributed by atoms with van der Waals surface area (Å²) in [6.45, 7) is 34.2. The first-order valence-corrected chi connectivity index (χ1v) is 28.9. The van der Waals surface area contributed by atoms with Crippen molar-refractivity contribution in [3.8, 4) is 0 Å². The highest BCUT2D eigenvalue weighted by molar-refractivity contribution is 7.91. The molecule has 9 nitrogen and oxygen atoms in total. The van der Waals surface area contributed by atoms with Gasteiger partial charge in [0, 0.05) is 32.5 Å². The van der Waals surface area contributed by atoms with E-state index in [4.69, 9.17) is 27.8 Å². The summed E-state index contributed by atoms with van der Waals surface area (Å²) in [4.78, 5) is 0.297. The van der Waals surface area contributed by atoms with Gasteiger partial charge in [0.05, 0.1) is 66.1 Å². The minimum Gasteiger partial charge on any atom is -0.414 e. The molecule has 1 aromatic rings. The molecule has 12 heteroatoms. The molecule has 57 heavy (non-hydrogen) atoms. The van der Waals surface area contributed by atoms with Crippen molar-refractivity contribution >= 4 is 26.5 Å². The lowest BCUT2D eigenvalue weighted by Crippen LogP contribution is -2.49. The van der Waals surface area contributed by atoms with Crippen LogP contribution in [0.1, 0.15) is 99.8 Å². The van der Waals surface area contributed by atoms with Crippen LogP contribution in [0.25, 0.3) is 0 Å². The van der Waals surface area contributed by atoms with E-state index in [-0.39, 0.29) is 58.9 Å². The summed E-state index contributed by atoms with van der Waals surface area (Å²) in [7, 11) is -6.35. The van der Waals surface area contributed by atoms with E-state index in [1.54, 1.807) is 31.4 Å². The Balaban J connectivity index is 1.59. The summed E-state index contributed by atoms with van der Waals surface area (Å²) in [6.07, 6.45) is 4.12. The van der Waals surface area contributed by atoms with Crippen LogP contribution in [0, 0.1) is 11.8 Å². The molecule has 0 spiro atoms. The first-order chi connectivity index (χ1) is 26.4. The van der Waals surface area contributed by atoms with Crippen molar-refractivity contribution in [2.75, 3.05) is 26.1 Å². The van der Waals surface area contributed by atoms with E-state index < -0.39 is 50.7 Å². The largest absolute Gasteiger partial charge is 0.414 e. The van der Waals surface area contributed by atoms with Gasteiger partial charge in [0.2, 0.25) is 0 Å². The molecule has 0 aromatic heterocycles. The number of hydrogen-bond donors (Lipinski definition) is 1. The maximum Gasteiger partial charge on any atom is 0.192 e. The van der Waals surface area contributed by atoms with Gasteiger partial charge in [-0.1, -0.05) is 79.8 Å². The zero-order chi connectivity index (χ0) is 42.6. The average Bonchev–Trinajstić information content (AvgIpc) is 3.63. The average molecular weight is 851 g/mol. The van der Waals surface area contributed by atoms with Crippen molar-refractivity contribution in [2.24, 2.45) is 11.8 Å². The fourth-order valence-corrected chi connectivity index (χ4v) is 12.1. The van der Waals surface area contributed by atoms with Crippen LogP contribution in [0.15, 0.2) is 59.5 Å². The second-order valence-electron chi connectivity index (χ2n) is 20.2. The van der Waals surface area contributed by atoms with Crippen LogP contribution < -0.4 is 0 Å². The minimum atomic E-state index is -3.68. The predicted molar refractivity (Wildman–Crippen MR) is 235 cm³/mol. The van der Waals surface area contributed by atoms with Gasteiger partial charge < -0.3 is 32.9 Å². The Labute approximate surface area is 348 Å². The standard InChI is InChI=1S/C45H78O9SSi2/c1-31-25-35(22-23-39-32(2)26-34(51-39)19-18-24-46)52-40(33(31)3)28-41-38(30-55(47,48)37-20-16-15-17-21-37)43(49-10)42(53-41)27-36(54-57(13,14)45(7,8)9)29-50-56(11,12)44(4,5)6/h15-17,20-21,31,34-36,38-43,46H,2-3,18-19,22-30H2,1,4-14H3/t31-,34?,35?,36+,38?,39?,40?,41+,42-,43-/m1/s1. The molecule has 10 atom stereocenters. The van der Waals surface area contributed by atoms with E-state index in [0.29, 0.717) is 24.3 Å². The zero-order valence-electron chi connectivity index (χ0n) is 37.5. The van der Waals surface area contributed by atoms with E-state index in [1.807, 2.05) is 6.07 Å². The number of aliphatic hydroxyl groups is 1. The van der Waals surface area contributed by atoms with Gasteiger partial charge in [-0.05, 0) is 104 Å². The van der Waals surface area contributed by atoms with Crippen LogP contribution >= 0.6 is 0 Å². The first-order valence-electron chi connectivity index (χ1n) is 21.4. The van der Waals surface area contributed by atoms with Gasteiger partial charge in [0.25, 0.3) is 0 Å². The summed E-state index contributed by atoms with van der Waals surface area (Å²) in [5.41, 5.74) is 2.14. The number of ether oxygens (including phenoxy) is 4. The number of methoxy groups -OCH3 is 1. The van der Waals surface area contributed by atoms with Crippen molar-refractivity contribution in [1.82, 2.24) is 0 Å². The molecule has 4 rings (SSSR count). The summed E-state index contributed by atoms with van der Waals surface area (Å²) < 4.78 is 68.6. The first kappa shape index (κ1) is 48.5. The highest BCUT2D eigenvalue weighted by Crippen LogP contribution is 2.44. The number of benzene rings is 1. The number of hydrogen-bond acceptors (Lipinski definition) is 9. The SMILES string of the molecule is C=C1CC(CCCO)OC1CCC1C[C@@H](C)C(=C)C(C[C@@H]2O[C@H](C[C@@H](CO[Si](C)(C)C(C)(C)C)O[Si](C)(C)C(C)(C)C)[C@H](OC)C2CS(=O)(=O)c2ccccc2)O1. The Bertz CT molecular complexity index is 1570. The van der Waals surface area contributed by atoms with Crippen LogP contribution in [0.3, 0.4) is 0 Å². The molecule has 3 aliphatic heterocycles. The van der Waals surface area contributed by atoms with E-state index in [1.165, 1.54) is 0 Å². The molecule has 3 aliphatic rings. The van der Waals surface area contributed by atoms with E-state index in [9.17, 15) is 13.5 Å². The van der Waals surface area contributed by atoms with Crippen LogP contribution in [-0.4, -0.2) is 105 Å². The Morgan fingerprint density at radius 1 is 0.877 bits per heavy atom. The van der Waals surface area contributed by atoms with Gasteiger partial charge in [-0.3, -0.25) is 0 Å². The third-order valence-electron chi connectivity index (χ3n) is 13.8. The molecule has 3 fully saturated rings. The fourth-order valence-electron chi connectivity index (χ4n) is 8.08. The number of rotatable bonds is 19. The zero-order valence-corrected chi connectivity index (χ0v) is 40.3. The predicted octanol–water partition coefficient (Wildman–Crippen LogP) is 9.67. The topological polar surface area (TPSA) is 110 Å². The molecular formula is C45H78O9SSi2. The quantitative estimate of drug-likeness (QED) is 0.108. The van der Waals surface area contributed by atoms with Gasteiger partial charge in [-0.15, -0.1) is 0 Å². The molecule has 3 heterocycles. The van der Waals surface area contributed by atoms with Gasteiger partial charge in [-0.25, -0.2) is 8.42 Å². The van der Waals surface area contributed by atoms with Crippen LogP contribution in [0.5, 0.6) is 0 Å². The smallest absolute Gasteiger partial charge is 0.192 e. The van der Waals surface area contributed by atoms with Gasteiger partial charge in [0.1, 0.15) is 0 Å². The molecule has 3 saturated heterocycles. The van der Waals surface area contributed by atoms with Gasteiger partial charge >= 0.3 is 0 Å². The van der Waals surface area contributed by atoms with Crippen LogP contribution in [0.4, 0.5) is 0 Å². The lowest BCUT2D eigenvalue weighted by molar-refractivity contribution is -0.0782. The van der Waals surface area contributed by atoms with Crippen molar-refractivity contribution in [2.45, 2.75) is 190 Å². The Hall–Kier alpha value is -1.20. The number of sulfone groups is 1. The normalized spacial score (nSPS) is 29.9. The second-order valence-corrected chi connectivity index (χ2v) is 31.8. The molecule has 5 unspecified atom stereocenters. The monoisotopic (exact) mass is 850 g/mol. The summed E-state index contributed by atoms with van der Waals surface area (Å²) in [6, 6.07) is 8.68. The summed E-state index contributed by atoms with van der Waals surface area (Å²) in [5, 5.41) is 9.32. The third kappa shape index (κ3) is 12.7. The summed E-state index contributed by atoms with van der Waals surface area (Å²) >= 11 is 0. The molecule has 0 aliphatic carbocycles. The van der Waals surface area contributed by atoms with Crippen molar-refractivity contribution < 1.29 is 41.3 Å². The molecule has 326 valence electrons. The lowest BCUT2D eigenvalue weighted by Gasteiger charge is -2.42. The highest BCUT2D eigenvalue weighted by atomic mass is 32.2. The van der Waals surface area contributed by atoms with Crippen LogP contribution in [0.2, 0.25) is 36.3 Å². The molecule has 0 amide bonds. The van der Waals surface area contributed by atoms with Crippen molar-refractivity contribution in [1.29, 1.82) is 0 Å². The van der Waals surface area contributed by atoms with Gasteiger partial charge in [-0.2, -0.15) is 0 Å². The maximum absolute atomic E-state index is 14.1. The van der Waals surface area contributed by atoms with E-state index >= 15 is 0 Å². The van der Waals surface area contributed by atoms with Crippen LogP contribution in [-0.2, 0) is 37.6 Å². The Morgan fingerprint density at radius 3 is 2.11 bits per heavy atom. The molecule has 0 bridgehead atoms. The highest BCUT2D eigenvalue weighted by Gasteiger charge is 2.50. The van der Waals surface area contributed by atoms with Gasteiger partial charge in [0.15, 0.2) is 26.5 Å². The van der Waals surface area contributed by atoms with E-state index in [0.717, 1.165) is 49.7 Å². The lowest BCUT2D eigenvalue weighted by atomic mass is 9.83. The van der Waals surface area contributed by atoms with Crippen molar-refractivity contribution in [3.63, 3.8) is 0 Å². The summed E-state index contributed by atoms with van der Waals surface area (Å²) in [5.74, 6) is -0.324. The third-order valence-corrected chi connectivity index (χ3v) is 24.7. The molecular weight excluding hydrogens is 773 g/mol. The molecule has 1 N–H and O–H groups in total. The Kier molecular flexibility index (Phi) is 16.7. The van der Waals surface area contributed by atoms with E-state index in [2.05, 4.69) is 87.8 Å². The minimum absolute atomic E-state index is 0.000157.